The van der Waals surface area contributed by atoms with Gasteiger partial charge in [0, 0.05) is 0 Å². The van der Waals surface area contributed by atoms with Gasteiger partial charge < -0.3 is 9.84 Å². The molecule has 0 aliphatic heterocycles. The molecule has 0 aromatic carbocycles. The van der Waals surface area contributed by atoms with Gasteiger partial charge in [-0.3, -0.25) is 0 Å². The van der Waals surface area contributed by atoms with Crippen LogP contribution in [0.3, 0.4) is 0 Å². The largest absolute Gasteiger partial charge is 0.550 e. The summed E-state index contributed by atoms with van der Waals surface area (Å²) in [4.78, 5) is 27.4. The van der Waals surface area contributed by atoms with Gasteiger partial charge in [0.05, 0.1) is 0 Å². The fourth-order valence-corrected chi connectivity index (χ4v) is 0.370. The summed E-state index contributed by atoms with van der Waals surface area (Å²) in [6.45, 7) is 3.66. The zero-order chi connectivity index (χ0) is 10.3. The number of ether oxygens (including phenoxy) is 1. The molecule has 0 heterocycles. The summed E-state index contributed by atoms with van der Waals surface area (Å²) in [6, 6.07) is 0. The van der Waals surface area contributed by atoms with Gasteiger partial charge in [0.2, 0.25) is 0 Å². The Morgan fingerprint density at radius 1 is 1.31 bits per heavy atom. The molecule has 0 rings (SSSR count). The second-order valence-corrected chi connectivity index (χ2v) is 2.28. The zero-order valence-electron chi connectivity index (χ0n) is 7.27. The van der Waals surface area contributed by atoms with E-state index in [9.17, 15) is 9.59 Å². The molecule has 1 N–H and O–H groups in total. The number of allylic oxidation sites excluding steroid dienone is 1. The lowest BCUT2D eigenvalue weighted by Crippen LogP contribution is -2.11. The van der Waals surface area contributed by atoms with Crippen LogP contribution in [0.4, 0.5) is 9.59 Å². The van der Waals surface area contributed by atoms with Crippen molar-refractivity contribution in [3.8, 4) is 0 Å². The van der Waals surface area contributed by atoms with Crippen LogP contribution in [0.5, 0.6) is 0 Å². The second kappa shape index (κ2) is 5.87. The molecule has 0 unspecified atom stereocenters. The van der Waals surface area contributed by atoms with Crippen molar-refractivity contribution in [1.82, 2.24) is 0 Å². The van der Waals surface area contributed by atoms with E-state index in [1.54, 1.807) is 6.08 Å². The highest BCUT2D eigenvalue weighted by atomic mass is 17.3. The van der Waals surface area contributed by atoms with Gasteiger partial charge in [0.15, 0.2) is 0 Å². The lowest BCUT2D eigenvalue weighted by Gasteiger charge is -1.99. The van der Waals surface area contributed by atoms with E-state index in [0.29, 0.717) is 0 Å². The van der Waals surface area contributed by atoms with Crippen molar-refractivity contribution in [2.24, 2.45) is 0 Å². The standard InChI is InChI=1S/C7H10O6/c1-5(2)3-4-11-7(10)13-12-6(8)9/h3H,4H2,1-2H3,(H,8,9). The molecule has 74 valence electrons. The highest BCUT2D eigenvalue weighted by Crippen LogP contribution is 1.91. The normalized spacial score (nSPS) is 8.46. The monoisotopic (exact) mass is 190 g/mol. The number of hydrogen-bond acceptors (Lipinski definition) is 5. The molecule has 0 amide bonds. The molecule has 0 spiro atoms. The third kappa shape index (κ3) is 8.18. The van der Waals surface area contributed by atoms with Crippen molar-refractivity contribution in [3.05, 3.63) is 11.6 Å². The van der Waals surface area contributed by atoms with Crippen LogP contribution in [0, 0.1) is 0 Å². The van der Waals surface area contributed by atoms with E-state index in [1.807, 2.05) is 13.8 Å². The van der Waals surface area contributed by atoms with Gasteiger partial charge in [-0.25, -0.2) is 9.68 Å². The Labute approximate surface area is 74.6 Å². The summed E-state index contributed by atoms with van der Waals surface area (Å²) in [7, 11) is 0. The van der Waals surface area contributed by atoms with E-state index in [2.05, 4.69) is 14.5 Å². The van der Waals surface area contributed by atoms with Crippen LogP contribution in [-0.4, -0.2) is 24.0 Å². The summed E-state index contributed by atoms with van der Waals surface area (Å²) in [5, 5.41) is 7.91. The Balaban J connectivity index is 3.52. The Hall–Kier alpha value is -1.72. The van der Waals surface area contributed by atoms with Gasteiger partial charge in [0.1, 0.15) is 6.61 Å². The Kier molecular flexibility index (Phi) is 5.09. The molecule has 0 saturated heterocycles. The summed E-state index contributed by atoms with van der Waals surface area (Å²) >= 11 is 0. The van der Waals surface area contributed by atoms with Gasteiger partial charge >= 0.3 is 12.3 Å². The van der Waals surface area contributed by atoms with Crippen molar-refractivity contribution >= 4 is 12.3 Å². The van der Waals surface area contributed by atoms with E-state index in [1.165, 1.54) is 0 Å². The van der Waals surface area contributed by atoms with E-state index < -0.39 is 12.3 Å². The quantitative estimate of drug-likeness (QED) is 0.309. The molecule has 6 nitrogen and oxygen atoms in total. The lowest BCUT2D eigenvalue weighted by molar-refractivity contribution is -0.212. The Morgan fingerprint density at radius 3 is 2.38 bits per heavy atom. The number of carbonyl (C=O) groups excluding carboxylic acids is 1. The van der Waals surface area contributed by atoms with Crippen LogP contribution in [0.15, 0.2) is 11.6 Å². The predicted molar refractivity (Wildman–Crippen MR) is 41.0 cm³/mol. The van der Waals surface area contributed by atoms with Gasteiger partial charge in [-0.2, -0.15) is 9.68 Å². The van der Waals surface area contributed by atoms with Crippen molar-refractivity contribution in [1.29, 1.82) is 0 Å². The molecule has 0 saturated carbocycles. The van der Waals surface area contributed by atoms with Crippen molar-refractivity contribution in [2.75, 3.05) is 6.61 Å². The average Bonchev–Trinajstić information content (AvgIpc) is 2.00. The molecule has 0 aliphatic rings. The molecule has 0 aliphatic carbocycles. The number of hydrogen-bond donors (Lipinski definition) is 1. The van der Waals surface area contributed by atoms with Gasteiger partial charge in [0.25, 0.3) is 0 Å². The van der Waals surface area contributed by atoms with Crippen molar-refractivity contribution in [3.63, 3.8) is 0 Å². The van der Waals surface area contributed by atoms with Gasteiger partial charge in [-0.05, 0) is 19.9 Å². The molecule has 0 aromatic rings. The third-order valence-corrected chi connectivity index (χ3v) is 0.874. The first-order valence-electron chi connectivity index (χ1n) is 3.40. The minimum Gasteiger partial charge on any atom is -0.447 e. The van der Waals surface area contributed by atoms with Crippen LogP contribution in [0.2, 0.25) is 0 Å². The topological polar surface area (TPSA) is 82.1 Å². The van der Waals surface area contributed by atoms with Gasteiger partial charge in [-0.1, -0.05) is 5.57 Å². The van der Waals surface area contributed by atoms with E-state index >= 15 is 0 Å². The molecular formula is C7H10O6. The summed E-state index contributed by atoms with van der Waals surface area (Å²) < 4.78 is 4.38. The van der Waals surface area contributed by atoms with Crippen LogP contribution in [-0.2, 0) is 14.5 Å². The first kappa shape index (κ1) is 11.3. The maximum atomic E-state index is 10.5. The minimum atomic E-state index is -1.71. The molecule has 0 fully saturated rings. The first-order valence-corrected chi connectivity index (χ1v) is 3.40. The highest BCUT2D eigenvalue weighted by Gasteiger charge is 2.07. The molecule has 0 aromatic heterocycles. The minimum absolute atomic E-state index is 0.0180. The zero-order valence-corrected chi connectivity index (χ0v) is 7.27. The third-order valence-electron chi connectivity index (χ3n) is 0.874. The SMILES string of the molecule is CC(C)=CCOC(=O)OOC(=O)O. The highest BCUT2D eigenvalue weighted by molar-refractivity contribution is 5.62. The molecule has 0 atom stereocenters. The molecule has 0 radical (unpaired) electrons. The number of carboxylic acid groups (broad SMARTS) is 1. The summed E-state index contributed by atoms with van der Waals surface area (Å²) in [6.07, 6.45) is -1.28. The fourth-order valence-electron chi connectivity index (χ4n) is 0.370. The first-order chi connectivity index (χ1) is 6.02. The fraction of sp³-hybridized carbons (Fsp3) is 0.429. The summed E-state index contributed by atoms with van der Waals surface area (Å²) in [5.74, 6) is 0. The molecule has 13 heavy (non-hydrogen) atoms. The lowest BCUT2D eigenvalue weighted by atomic mass is 10.3. The smallest absolute Gasteiger partial charge is 0.447 e. The van der Waals surface area contributed by atoms with Crippen LogP contribution < -0.4 is 0 Å². The van der Waals surface area contributed by atoms with Crippen LogP contribution >= 0.6 is 0 Å². The Bertz CT molecular complexity index is 215. The predicted octanol–water partition coefficient (Wildman–Crippen LogP) is 1.72. The number of rotatable bonds is 2. The van der Waals surface area contributed by atoms with Crippen LogP contribution in [0.25, 0.3) is 0 Å². The van der Waals surface area contributed by atoms with E-state index in [0.717, 1.165) is 5.57 Å². The van der Waals surface area contributed by atoms with Crippen molar-refractivity contribution < 1.29 is 29.2 Å². The van der Waals surface area contributed by atoms with E-state index in [-0.39, 0.29) is 6.61 Å². The van der Waals surface area contributed by atoms with Crippen molar-refractivity contribution in [2.45, 2.75) is 13.8 Å². The molecular weight excluding hydrogens is 180 g/mol. The van der Waals surface area contributed by atoms with Gasteiger partial charge in [-0.15, -0.1) is 0 Å². The maximum absolute atomic E-state index is 10.5. The molecule has 6 heteroatoms. The molecule has 0 bridgehead atoms. The average molecular weight is 190 g/mol. The van der Waals surface area contributed by atoms with E-state index in [4.69, 9.17) is 5.11 Å². The Morgan fingerprint density at radius 2 is 1.92 bits per heavy atom. The van der Waals surface area contributed by atoms with Crippen LogP contribution in [0.1, 0.15) is 13.8 Å². The maximum Gasteiger partial charge on any atom is 0.550 e. The number of carbonyl (C=O) groups is 2. The second-order valence-electron chi connectivity index (χ2n) is 2.28. The summed E-state index contributed by atoms with van der Waals surface area (Å²) in [5.41, 5.74) is 0.965.